The Labute approximate surface area is 101 Å². The molecule has 0 heterocycles. The molecule has 0 aliphatic rings. The Balaban J connectivity index is 2.63. The van der Waals surface area contributed by atoms with Crippen molar-refractivity contribution < 1.29 is 9.60 Å². The van der Waals surface area contributed by atoms with E-state index in [9.17, 15) is 4.39 Å². The van der Waals surface area contributed by atoms with E-state index in [0.717, 1.165) is 0 Å². The first-order valence-electron chi connectivity index (χ1n) is 4.71. The highest BCUT2D eigenvalue weighted by atomic mass is 79.9. The Morgan fingerprint density at radius 1 is 1.69 bits per heavy atom. The van der Waals surface area contributed by atoms with Gasteiger partial charge in [0.2, 0.25) is 0 Å². The van der Waals surface area contributed by atoms with Gasteiger partial charge in [-0.1, -0.05) is 5.16 Å². The maximum atomic E-state index is 13.2. The predicted octanol–water partition coefficient (Wildman–Crippen LogP) is 2.53. The molecule has 0 saturated heterocycles. The third-order valence-electron chi connectivity index (χ3n) is 1.98. The van der Waals surface area contributed by atoms with Gasteiger partial charge in [0.25, 0.3) is 0 Å². The molecule has 1 unspecified atom stereocenters. The largest absolute Gasteiger partial charge is 0.409 e. The molecule has 4 N–H and O–H groups in total. The van der Waals surface area contributed by atoms with Crippen molar-refractivity contribution in [1.29, 1.82) is 0 Å². The highest BCUT2D eigenvalue weighted by Gasteiger charge is 2.06. The monoisotopic (exact) mass is 289 g/mol. The number of nitrogens with zero attached hydrogens (tertiary/aromatic N) is 1. The molecule has 1 atom stereocenters. The number of nitrogens with one attached hydrogen (secondary N) is 1. The first-order chi connectivity index (χ1) is 7.52. The molecule has 0 aromatic heterocycles. The van der Waals surface area contributed by atoms with Gasteiger partial charge in [0.1, 0.15) is 11.7 Å². The average Bonchev–Trinajstić information content (AvgIpc) is 2.23. The zero-order valence-electron chi connectivity index (χ0n) is 8.74. The summed E-state index contributed by atoms with van der Waals surface area (Å²) in [4.78, 5) is 0. The van der Waals surface area contributed by atoms with Crippen LogP contribution in [-0.2, 0) is 0 Å². The summed E-state index contributed by atoms with van der Waals surface area (Å²) in [5.74, 6) is -0.196. The molecule has 1 aromatic rings. The summed E-state index contributed by atoms with van der Waals surface area (Å²) >= 11 is 3.07. The van der Waals surface area contributed by atoms with Gasteiger partial charge in [0, 0.05) is 18.2 Å². The van der Waals surface area contributed by atoms with Crippen LogP contribution >= 0.6 is 15.9 Å². The zero-order valence-corrected chi connectivity index (χ0v) is 10.3. The third-order valence-corrected chi connectivity index (χ3v) is 2.62. The minimum atomic E-state index is -0.332. The molecule has 0 aliphatic heterocycles. The highest BCUT2D eigenvalue weighted by molar-refractivity contribution is 9.10. The predicted molar refractivity (Wildman–Crippen MR) is 65.2 cm³/mol. The van der Waals surface area contributed by atoms with Crippen LogP contribution < -0.4 is 11.1 Å². The fourth-order valence-electron chi connectivity index (χ4n) is 1.28. The van der Waals surface area contributed by atoms with Crippen molar-refractivity contribution in [3.63, 3.8) is 0 Å². The van der Waals surface area contributed by atoms with Gasteiger partial charge in [0.05, 0.1) is 4.47 Å². The molecular weight excluding hydrogens is 277 g/mol. The summed E-state index contributed by atoms with van der Waals surface area (Å²) in [5.41, 5.74) is 6.01. The fraction of sp³-hybridized carbons (Fsp3) is 0.300. The number of nitrogens with two attached hydrogens (primary N) is 1. The Morgan fingerprint density at radius 3 is 2.94 bits per heavy atom. The molecule has 4 nitrogen and oxygen atoms in total. The van der Waals surface area contributed by atoms with Crippen molar-refractivity contribution in [2.24, 2.45) is 10.9 Å². The van der Waals surface area contributed by atoms with Gasteiger partial charge in [-0.15, -0.1) is 0 Å². The molecule has 1 aromatic carbocycles. The Morgan fingerprint density at radius 2 is 2.38 bits per heavy atom. The molecule has 16 heavy (non-hydrogen) atoms. The minimum absolute atomic E-state index is 0.0449. The second-order valence-electron chi connectivity index (χ2n) is 3.47. The Kier molecular flexibility index (Phi) is 4.54. The molecule has 0 aliphatic carbocycles. The first kappa shape index (κ1) is 12.8. The van der Waals surface area contributed by atoms with Crippen LogP contribution in [-0.4, -0.2) is 17.1 Å². The quantitative estimate of drug-likeness (QED) is 0.345. The van der Waals surface area contributed by atoms with E-state index in [0.29, 0.717) is 16.6 Å². The first-order valence-corrected chi connectivity index (χ1v) is 5.50. The molecule has 0 radical (unpaired) electrons. The van der Waals surface area contributed by atoms with Gasteiger partial charge >= 0.3 is 0 Å². The lowest BCUT2D eigenvalue weighted by Crippen LogP contribution is -2.24. The van der Waals surface area contributed by atoms with Crippen molar-refractivity contribution >= 4 is 27.5 Å². The second kappa shape index (κ2) is 5.69. The van der Waals surface area contributed by atoms with Crippen molar-refractivity contribution in [3.05, 3.63) is 28.5 Å². The van der Waals surface area contributed by atoms with Gasteiger partial charge < -0.3 is 16.3 Å². The van der Waals surface area contributed by atoms with Gasteiger partial charge in [-0.05, 0) is 41.1 Å². The van der Waals surface area contributed by atoms with E-state index in [1.54, 1.807) is 12.1 Å². The Hall–Kier alpha value is -1.30. The van der Waals surface area contributed by atoms with Gasteiger partial charge in [0.15, 0.2) is 0 Å². The van der Waals surface area contributed by atoms with E-state index in [2.05, 4.69) is 26.4 Å². The highest BCUT2D eigenvalue weighted by Crippen LogP contribution is 2.20. The van der Waals surface area contributed by atoms with E-state index in [1.165, 1.54) is 6.07 Å². The van der Waals surface area contributed by atoms with Crippen LogP contribution in [0.1, 0.15) is 13.3 Å². The molecule has 1 rings (SSSR count). The Bertz CT molecular complexity index is 398. The smallest absolute Gasteiger partial charge is 0.141 e. The summed E-state index contributed by atoms with van der Waals surface area (Å²) in [7, 11) is 0. The van der Waals surface area contributed by atoms with E-state index >= 15 is 0 Å². The molecule has 6 heteroatoms. The number of oxime groups is 1. The number of hydrogen-bond acceptors (Lipinski definition) is 3. The normalized spacial score (nSPS) is 13.6. The lowest BCUT2D eigenvalue weighted by molar-refractivity contribution is 0.316. The van der Waals surface area contributed by atoms with Crippen LogP contribution in [0.15, 0.2) is 27.8 Å². The standard InChI is InChI=1S/C10H13BrFN3O/c1-6(4-10(13)15-16)14-7-2-3-8(11)9(12)5-7/h2-3,5-6,14,16H,4H2,1H3,(H2,13,15). The third kappa shape index (κ3) is 3.69. The summed E-state index contributed by atoms with van der Waals surface area (Å²) in [6.45, 7) is 1.86. The van der Waals surface area contributed by atoms with E-state index in [4.69, 9.17) is 10.9 Å². The minimum Gasteiger partial charge on any atom is -0.409 e. The van der Waals surface area contributed by atoms with Crippen molar-refractivity contribution in [2.75, 3.05) is 5.32 Å². The molecule has 0 saturated carbocycles. The van der Waals surface area contributed by atoms with E-state index in [-0.39, 0.29) is 17.7 Å². The number of halogens is 2. The second-order valence-corrected chi connectivity index (χ2v) is 4.32. The maximum absolute atomic E-state index is 13.2. The molecule has 88 valence electrons. The lowest BCUT2D eigenvalue weighted by Gasteiger charge is -2.14. The number of benzene rings is 1. The van der Waals surface area contributed by atoms with Crippen LogP contribution in [0.25, 0.3) is 0 Å². The van der Waals surface area contributed by atoms with Crippen molar-refractivity contribution in [1.82, 2.24) is 0 Å². The summed E-state index contributed by atoms with van der Waals surface area (Å²) < 4.78 is 13.6. The van der Waals surface area contributed by atoms with E-state index < -0.39 is 0 Å². The zero-order chi connectivity index (χ0) is 12.1. The molecule has 0 fully saturated rings. The number of hydrogen-bond donors (Lipinski definition) is 3. The average molecular weight is 290 g/mol. The summed E-state index contributed by atoms with van der Waals surface area (Å²) in [6.07, 6.45) is 0.383. The van der Waals surface area contributed by atoms with Crippen LogP contribution in [0.4, 0.5) is 10.1 Å². The fourth-order valence-corrected chi connectivity index (χ4v) is 1.52. The topological polar surface area (TPSA) is 70.6 Å². The van der Waals surface area contributed by atoms with Crippen LogP contribution in [0.3, 0.4) is 0 Å². The van der Waals surface area contributed by atoms with Crippen LogP contribution in [0, 0.1) is 5.82 Å². The molecule has 0 bridgehead atoms. The molecule has 0 amide bonds. The van der Waals surface area contributed by atoms with E-state index in [1.807, 2.05) is 6.92 Å². The lowest BCUT2D eigenvalue weighted by atomic mass is 10.2. The summed E-state index contributed by atoms with van der Waals surface area (Å²) in [6, 6.07) is 4.70. The van der Waals surface area contributed by atoms with Crippen LogP contribution in [0.2, 0.25) is 0 Å². The number of rotatable bonds is 4. The maximum Gasteiger partial charge on any atom is 0.141 e. The number of amidine groups is 1. The SMILES string of the molecule is CC(CC(N)=NO)Nc1ccc(Br)c(F)c1. The van der Waals surface area contributed by atoms with Gasteiger partial charge in [-0.25, -0.2) is 4.39 Å². The molecule has 0 spiro atoms. The molecular formula is C10H13BrFN3O. The van der Waals surface area contributed by atoms with Crippen molar-refractivity contribution in [3.8, 4) is 0 Å². The van der Waals surface area contributed by atoms with Gasteiger partial charge in [-0.3, -0.25) is 0 Å². The van der Waals surface area contributed by atoms with Crippen LogP contribution in [0.5, 0.6) is 0 Å². The summed E-state index contributed by atoms with van der Waals surface area (Å²) in [5, 5.41) is 14.3. The van der Waals surface area contributed by atoms with Gasteiger partial charge in [-0.2, -0.15) is 0 Å². The van der Waals surface area contributed by atoms with Crippen molar-refractivity contribution in [2.45, 2.75) is 19.4 Å². The number of anilines is 1.